The van der Waals surface area contributed by atoms with E-state index in [0.29, 0.717) is 12.2 Å². The number of amides is 1. The lowest BCUT2D eigenvalue weighted by Crippen LogP contribution is -2.35. The molecule has 0 saturated carbocycles. The number of rotatable bonds is 5. The predicted octanol–water partition coefficient (Wildman–Crippen LogP) is 1.04. The second kappa shape index (κ2) is 6.35. The number of carbonyl (C=O) groups is 1. The summed E-state index contributed by atoms with van der Waals surface area (Å²) in [4.78, 5) is 23.3. The van der Waals surface area contributed by atoms with E-state index in [1.165, 1.54) is 19.2 Å². The van der Waals surface area contributed by atoms with Gasteiger partial charge in [0.1, 0.15) is 11.6 Å². The molecule has 100 valence electrons. The summed E-state index contributed by atoms with van der Waals surface area (Å²) < 4.78 is 0. The van der Waals surface area contributed by atoms with Crippen molar-refractivity contribution in [3.05, 3.63) is 33.9 Å². The van der Waals surface area contributed by atoms with Crippen molar-refractivity contribution in [3.8, 4) is 6.07 Å². The first-order valence-electron chi connectivity index (χ1n) is 5.67. The van der Waals surface area contributed by atoms with Gasteiger partial charge in [0.2, 0.25) is 5.91 Å². The second-order valence-electron chi connectivity index (χ2n) is 3.76. The lowest BCUT2D eigenvalue weighted by molar-refractivity contribution is -0.385. The highest BCUT2D eigenvalue weighted by molar-refractivity contribution is 5.81. The third kappa shape index (κ3) is 3.42. The smallest absolute Gasteiger partial charge is 0.289 e. The minimum atomic E-state index is -0.601. The van der Waals surface area contributed by atoms with Gasteiger partial charge in [-0.25, -0.2) is 0 Å². The van der Waals surface area contributed by atoms with Gasteiger partial charge in [0.15, 0.2) is 0 Å². The minimum absolute atomic E-state index is 0.00439. The van der Waals surface area contributed by atoms with Crippen molar-refractivity contribution >= 4 is 17.3 Å². The van der Waals surface area contributed by atoms with Crippen LogP contribution in [0.1, 0.15) is 12.5 Å². The first kappa shape index (κ1) is 14.4. The van der Waals surface area contributed by atoms with E-state index < -0.39 is 4.92 Å². The number of nitrogens with zero attached hydrogens (tertiary/aromatic N) is 3. The zero-order chi connectivity index (χ0) is 14.4. The van der Waals surface area contributed by atoms with E-state index in [0.717, 1.165) is 0 Å². The normalized spacial score (nSPS) is 9.53. The number of nitro benzene ring substituents is 1. The maximum Gasteiger partial charge on any atom is 0.289 e. The molecule has 0 aliphatic rings. The Kier molecular flexibility index (Phi) is 4.83. The second-order valence-corrected chi connectivity index (χ2v) is 3.76. The summed E-state index contributed by atoms with van der Waals surface area (Å²) in [6.07, 6.45) is 0. The lowest BCUT2D eigenvalue weighted by atomic mass is 10.1. The Labute approximate surface area is 110 Å². The molecule has 0 atom stereocenters. The van der Waals surface area contributed by atoms with Crippen LogP contribution in [-0.2, 0) is 4.79 Å². The number of likely N-dealkylation sites (N-methyl/N-ethyl adjacent to an activating group) is 2. The van der Waals surface area contributed by atoms with E-state index in [9.17, 15) is 14.9 Å². The molecule has 0 aromatic heterocycles. The summed E-state index contributed by atoms with van der Waals surface area (Å²) in [6.45, 7) is 2.47. The lowest BCUT2D eigenvalue weighted by Gasteiger charge is -2.21. The summed E-state index contributed by atoms with van der Waals surface area (Å²) in [5.74, 6) is -0.186. The first-order chi connectivity index (χ1) is 9.03. The number of nitro groups is 1. The van der Waals surface area contributed by atoms with E-state index in [1.807, 2.05) is 6.92 Å². The Bertz CT molecular complexity index is 536. The number of hydrogen-bond donors (Lipinski definition) is 1. The Morgan fingerprint density at radius 1 is 1.58 bits per heavy atom. The minimum Gasteiger partial charge on any atom is -0.362 e. The molecule has 0 bridgehead atoms. The van der Waals surface area contributed by atoms with Gasteiger partial charge in [0, 0.05) is 25.3 Å². The molecule has 1 amide bonds. The highest BCUT2D eigenvalue weighted by Crippen LogP contribution is 2.25. The molecule has 1 rings (SSSR count). The van der Waals surface area contributed by atoms with Gasteiger partial charge in [-0.15, -0.1) is 0 Å². The first-order valence-corrected chi connectivity index (χ1v) is 5.67. The Balaban J connectivity index is 3.12. The number of benzene rings is 1. The van der Waals surface area contributed by atoms with Gasteiger partial charge >= 0.3 is 0 Å². The number of nitrogens with one attached hydrogen (secondary N) is 1. The molecule has 0 radical (unpaired) electrons. The average molecular weight is 262 g/mol. The van der Waals surface area contributed by atoms with Gasteiger partial charge in [0.25, 0.3) is 5.69 Å². The van der Waals surface area contributed by atoms with E-state index in [4.69, 9.17) is 5.26 Å². The summed E-state index contributed by atoms with van der Waals surface area (Å²) >= 11 is 0. The number of nitriles is 1. The van der Waals surface area contributed by atoms with Crippen molar-refractivity contribution < 1.29 is 9.72 Å². The van der Waals surface area contributed by atoms with Crippen LogP contribution in [-0.4, -0.2) is 31.0 Å². The van der Waals surface area contributed by atoms with Crippen LogP contribution in [0.5, 0.6) is 0 Å². The van der Waals surface area contributed by atoms with Gasteiger partial charge in [-0.3, -0.25) is 14.9 Å². The van der Waals surface area contributed by atoms with Crippen LogP contribution in [0, 0.1) is 21.4 Å². The van der Waals surface area contributed by atoms with Crippen LogP contribution in [0.2, 0.25) is 0 Å². The highest BCUT2D eigenvalue weighted by Gasteiger charge is 2.17. The van der Waals surface area contributed by atoms with Crippen LogP contribution in [0.25, 0.3) is 0 Å². The Morgan fingerprint density at radius 2 is 2.26 bits per heavy atom. The molecule has 1 N–H and O–H groups in total. The molecule has 0 spiro atoms. The third-order valence-electron chi connectivity index (χ3n) is 2.66. The number of carbonyl (C=O) groups excluding carboxylic acids is 1. The molecule has 0 fully saturated rings. The number of hydrogen-bond acceptors (Lipinski definition) is 5. The van der Waals surface area contributed by atoms with Crippen LogP contribution in [0.4, 0.5) is 11.4 Å². The van der Waals surface area contributed by atoms with E-state index in [2.05, 4.69) is 5.32 Å². The number of anilines is 1. The molecule has 0 heterocycles. The summed E-state index contributed by atoms with van der Waals surface area (Å²) in [5, 5.41) is 22.2. The van der Waals surface area contributed by atoms with Gasteiger partial charge in [-0.1, -0.05) is 0 Å². The highest BCUT2D eigenvalue weighted by atomic mass is 16.6. The molecule has 7 heteroatoms. The van der Waals surface area contributed by atoms with Crippen molar-refractivity contribution in [3.63, 3.8) is 0 Å². The largest absolute Gasteiger partial charge is 0.362 e. The van der Waals surface area contributed by atoms with Crippen LogP contribution < -0.4 is 10.2 Å². The SMILES string of the molecule is CCN(CC(=O)NC)c1ccc(C#N)c([N+](=O)[O-])c1. The zero-order valence-corrected chi connectivity index (χ0v) is 10.7. The van der Waals surface area contributed by atoms with E-state index in [-0.39, 0.29) is 23.7 Å². The molecule has 1 aromatic rings. The van der Waals surface area contributed by atoms with Crippen LogP contribution >= 0.6 is 0 Å². The monoisotopic (exact) mass is 262 g/mol. The van der Waals surface area contributed by atoms with Gasteiger partial charge in [0.05, 0.1) is 11.5 Å². The fourth-order valence-electron chi connectivity index (χ4n) is 1.60. The summed E-state index contributed by atoms with van der Waals surface area (Å²) in [6, 6.07) is 6.07. The van der Waals surface area contributed by atoms with Gasteiger partial charge < -0.3 is 10.2 Å². The van der Waals surface area contributed by atoms with Crippen molar-refractivity contribution in [1.29, 1.82) is 5.26 Å². The fourth-order valence-corrected chi connectivity index (χ4v) is 1.60. The van der Waals surface area contributed by atoms with Crippen molar-refractivity contribution in [2.45, 2.75) is 6.92 Å². The average Bonchev–Trinajstić information content (AvgIpc) is 2.43. The maximum atomic E-state index is 11.4. The van der Waals surface area contributed by atoms with Crippen molar-refractivity contribution in [1.82, 2.24) is 5.32 Å². The molecule has 0 aliphatic heterocycles. The van der Waals surface area contributed by atoms with E-state index in [1.54, 1.807) is 17.0 Å². The predicted molar refractivity (Wildman–Crippen MR) is 69.8 cm³/mol. The van der Waals surface area contributed by atoms with Gasteiger partial charge in [-0.05, 0) is 19.1 Å². The molecule has 0 aliphatic carbocycles. The zero-order valence-electron chi connectivity index (χ0n) is 10.7. The molecule has 7 nitrogen and oxygen atoms in total. The summed E-state index contributed by atoms with van der Waals surface area (Å²) in [5.41, 5.74) is 0.289. The summed E-state index contributed by atoms with van der Waals surface area (Å²) in [7, 11) is 1.53. The quantitative estimate of drug-likeness (QED) is 0.631. The Morgan fingerprint density at radius 3 is 2.74 bits per heavy atom. The molecule has 19 heavy (non-hydrogen) atoms. The maximum absolute atomic E-state index is 11.4. The van der Waals surface area contributed by atoms with Crippen LogP contribution in [0.3, 0.4) is 0 Å². The molecule has 0 unspecified atom stereocenters. The van der Waals surface area contributed by atoms with Crippen molar-refractivity contribution in [2.75, 3.05) is 25.0 Å². The topological polar surface area (TPSA) is 99.3 Å². The molecule has 1 aromatic carbocycles. The molecular weight excluding hydrogens is 248 g/mol. The molecular formula is C12H14N4O3. The molecule has 0 saturated heterocycles. The fraction of sp³-hybridized carbons (Fsp3) is 0.333. The third-order valence-corrected chi connectivity index (χ3v) is 2.66. The van der Waals surface area contributed by atoms with Crippen LogP contribution in [0.15, 0.2) is 18.2 Å². The van der Waals surface area contributed by atoms with E-state index >= 15 is 0 Å². The van der Waals surface area contributed by atoms with Gasteiger partial charge in [-0.2, -0.15) is 5.26 Å². The standard InChI is InChI=1S/C12H14N4O3/c1-3-15(8-12(17)14-2)10-5-4-9(7-13)11(6-10)16(18)19/h4-6H,3,8H2,1-2H3,(H,14,17). The van der Waals surface area contributed by atoms with Crippen molar-refractivity contribution in [2.24, 2.45) is 0 Å². The Hall–Kier alpha value is -2.62.